The first-order valence-electron chi connectivity index (χ1n) is 10.2. The molecular formula is C22H36O3. The maximum absolute atomic E-state index is 10.8. The van der Waals surface area contributed by atoms with E-state index < -0.39 is 0 Å². The van der Waals surface area contributed by atoms with Crippen molar-refractivity contribution in [3.63, 3.8) is 0 Å². The molecule has 0 heterocycles. The van der Waals surface area contributed by atoms with Gasteiger partial charge in [-0.05, 0) is 30.5 Å². The van der Waals surface area contributed by atoms with Crippen molar-refractivity contribution in [2.45, 2.75) is 96.8 Å². The standard InChI is InChI=1S/C22H36O3/c1-2-3-4-5-6-7-8-9-10-11-12-13-14-15-20-16-17-21(19-23)22(18-20)25-24/h16-19,24H,2-15H2,1H3. The minimum absolute atomic E-state index is 0.252. The molecule has 0 saturated heterocycles. The first-order chi connectivity index (χ1) is 12.3. The summed E-state index contributed by atoms with van der Waals surface area (Å²) in [6.45, 7) is 2.27. The summed E-state index contributed by atoms with van der Waals surface area (Å²) in [6.07, 6.45) is 19.2. The summed E-state index contributed by atoms with van der Waals surface area (Å²) in [7, 11) is 0. The zero-order valence-corrected chi connectivity index (χ0v) is 16.0. The van der Waals surface area contributed by atoms with E-state index in [0.29, 0.717) is 11.8 Å². The van der Waals surface area contributed by atoms with E-state index in [9.17, 15) is 4.79 Å². The van der Waals surface area contributed by atoms with E-state index in [1.165, 1.54) is 77.0 Å². The lowest BCUT2D eigenvalue weighted by atomic mass is 10.0. The summed E-state index contributed by atoms with van der Waals surface area (Å²) < 4.78 is 0. The Labute approximate surface area is 153 Å². The monoisotopic (exact) mass is 348 g/mol. The van der Waals surface area contributed by atoms with E-state index in [4.69, 9.17) is 5.26 Å². The molecule has 1 aromatic rings. The van der Waals surface area contributed by atoms with E-state index in [0.717, 1.165) is 18.4 Å². The van der Waals surface area contributed by atoms with Gasteiger partial charge in [-0.2, -0.15) is 0 Å². The van der Waals surface area contributed by atoms with E-state index in [2.05, 4.69) is 11.8 Å². The van der Waals surface area contributed by atoms with Gasteiger partial charge in [0.05, 0.1) is 5.56 Å². The van der Waals surface area contributed by atoms with Crippen LogP contribution in [-0.4, -0.2) is 11.5 Å². The van der Waals surface area contributed by atoms with Gasteiger partial charge in [0.2, 0.25) is 0 Å². The summed E-state index contributed by atoms with van der Waals surface area (Å²) in [6, 6.07) is 5.40. The summed E-state index contributed by atoms with van der Waals surface area (Å²) >= 11 is 0. The molecule has 0 aromatic heterocycles. The Hall–Kier alpha value is -1.35. The number of unbranched alkanes of at least 4 members (excludes halogenated alkanes) is 12. The van der Waals surface area contributed by atoms with E-state index >= 15 is 0 Å². The minimum atomic E-state index is 0.252. The molecule has 0 aliphatic heterocycles. The molecule has 0 aliphatic carbocycles. The van der Waals surface area contributed by atoms with Crippen LogP contribution in [0.2, 0.25) is 0 Å². The highest BCUT2D eigenvalue weighted by Crippen LogP contribution is 2.20. The van der Waals surface area contributed by atoms with Crippen LogP contribution in [0.5, 0.6) is 5.75 Å². The molecule has 0 saturated carbocycles. The van der Waals surface area contributed by atoms with Gasteiger partial charge >= 0.3 is 0 Å². The Balaban J connectivity index is 1.96. The molecule has 1 N–H and O–H groups in total. The third-order valence-corrected chi connectivity index (χ3v) is 4.87. The van der Waals surface area contributed by atoms with Gasteiger partial charge in [-0.15, -0.1) is 0 Å². The van der Waals surface area contributed by atoms with Crippen LogP contribution in [0.25, 0.3) is 0 Å². The summed E-state index contributed by atoms with van der Waals surface area (Å²) in [4.78, 5) is 15.1. The molecule has 0 atom stereocenters. The summed E-state index contributed by atoms with van der Waals surface area (Å²) in [5.41, 5.74) is 1.49. The fourth-order valence-electron chi connectivity index (χ4n) is 3.26. The molecule has 0 aliphatic rings. The van der Waals surface area contributed by atoms with Crippen molar-refractivity contribution >= 4 is 6.29 Å². The van der Waals surface area contributed by atoms with Crippen molar-refractivity contribution in [3.8, 4) is 5.75 Å². The maximum Gasteiger partial charge on any atom is 0.175 e. The number of hydrogen-bond donors (Lipinski definition) is 1. The van der Waals surface area contributed by atoms with Crippen LogP contribution >= 0.6 is 0 Å². The molecule has 3 heteroatoms. The SMILES string of the molecule is CCCCCCCCCCCCCCCc1ccc(C=O)c(OO)c1. The fraction of sp³-hybridized carbons (Fsp3) is 0.682. The second-order valence-electron chi connectivity index (χ2n) is 7.07. The lowest BCUT2D eigenvalue weighted by molar-refractivity contribution is -0.137. The van der Waals surface area contributed by atoms with Crippen LogP contribution in [0, 0.1) is 0 Å². The molecule has 1 aromatic carbocycles. The Morgan fingerprint density at radius 1 is 0.840 bits per heavy atom. The van der Waals surface area contributed by atoms with Crippen LogP contribution < -0.4 is 4.89 Å². The third kappa shape index (κ3) is 10.3. The molecule has 0 unspecified atom stereocenters. The number of rotatable bonds is 16. The van der Waals surface area contributed by atoms with Gasteiger partial charge in [0.15, 0.2) is 12.0 Å². The first kappa shape index (κ1) is 21.7. The van der Waals surface area contributed by atoms with Crippen LogP contribution in [0.1, 0.15) is 106 Å². The second kappa shape index (κ2) is 14.9. The molecular weight excluding hydrogens is 312 g/mol. The van der Waals surface area contributed by atoms with Crippen LogP contribution in [0.3, 0.4) is 0 Å². The smallest absolute Gasteiger partial charge is 0.175 e. The van der Waals surface area contributed by atoms with Crippen LogP contribution in [0.4, 0.5) is 0 Å². The Morgan fingerprint density at radius 3 is 1.84 bits per heavy atom. The van der Waals surface area contributed by atoms with E-state index in [1.54, 1.807) is 12.1 Å². The third-order valence-electron chi connectivity index (χ3n) is 4.87. The minimum Gasteiger partial charge on any atom is -0.339 e. The Morgan fingerprint density at radius 2 is 1.36 bits per heavy atom. The zero-order chi connectivity index (χ0) is 18.2. The predicted molar refractivity (Wildman–Crippen MR) is 104 cm³/mol. The molecule has 3 nitrogen and oxygen atoms in total. The maximum atomic E-state index is 10.8. The number of hydrogen-bond acceptors (Lipinski definition) is 3. The van der Waals surface area contributed by atoms with Gasteiger partial charge in [0.1, 0.15) is 0 Å². The van der Waals surface area contributed by atoms with E-state index in [-0.39, 0.29) is 5.75 Å². The lowest BCUT2D eigenvalue weighted by Gasteiger charge is -2.06. The lowest BCUT2D eigenvalue weighted by Crippen LogP contribution is -1.94. The highest BCUT2D eigenvalue weighted by Gasteiger charge is 2.04. The molecule has 0 amide bonds. The number of aldehydes is 1. The van der Waals surface area contributed by atoms with Crippen LogP contribution in [0.15, 0.2) is 18.2 Å². The summed E-state index contributed by atoms with van der Waals surface area (Å²) in [5.74, 6) is 0.252. The molecule has 25 heavy (non-hydrogen) atoms. The average Bonchev–Trinajstić information content (AvgIpc) is 2.65. The highest BCUT2D eigenvalue weighted by atomic mass is 17.1. The topological polar surface area (TPSA) is 46.5 Å². The number of benzene rings is 1. The predicted octanol–water partition coefficient (Wildman–Crippen LogP) is 6.98. The normalized spacial score (nSPS) is 10.8. The molecule has 0 fully saturated rings. The average molecular weight is 349 g/mol. The molecule has 142 valence electrons. The fourth-order valence-corrected chi connectivity index (χ4v) is 3.26. The van der Waals surface area contributed by atoms with Gasteiger partial charge in [-0.3, -0.25) is 4.79 Å². The van der Waals surface area contributed by atoms with Crippen molar-refractivity contribution < 1.29 is 14.9 Å². The van der Waals surface area contributed by atoms with Gasteiger partial charge in [-0.25, -0.2) is 5.26 Å². The Bertz CT molecular complexity index is 457. The van der Waals surface area contributed by atoms with E-state index in [1.807, 2.05) is 6.07 Å². The quantitative estimate of drug-likeness (QED) is 0.152. The van der Waals surface area contributed by atoms with Crippen molar-refractivity contribution in [1.82, 2.24) is 0 Å². The van der Waals surface area contributed by atoms with Gasteiger partial charge in [-0.1, -0.05) is 90.0 Å². The Kier molecular flexibility index (Phi) is 13.0. The molecule has 1 rings (SSSR count). The molecule has 0 radical (unpaired) electrons. The number of carbonyl (C=O) groups is 1. The van der Waals surface area contributed by atoms with Crippen molar-refractivity contribution in [1.29, 1.82) is 0 Å². The zero-order valence-electron chi connectivity index (χ0n) is 16.0. The molecule has 0 bridgehead atoms. The molecule has 0 spiro atoms. The van der Waals surface area contributed by atoms with Crippen molar-refractivity contribution in [3.05, 3.63) is 29.3 Å². The van der Waals surface area contributed by atoms with Gasteiger partial charge in [0, 0.05) is 0 Å². The highest BCUT2D eigenvalue weighted by molar-refractivity contribution is 5.79. The van der Waals surface area contributed by atoms with Crippen molar-refractivity contribution in [2.24, 2.45) is 0 Å². The van der Waals surface area contributed by atoms with Gasteiger partial charge < -0.3 is 4.89 Å². The van der Waals surface area contributed by atoms with Crippen molar-refractivity contribution in [2.75, 3.05) is 0 Å². The number of carbonyl (C=O) groups excluding carboxylic acids is 1. The number of aryl methyl sites for hydroxylation is 1. The first-order valence-corrected chi connectivity index (χ1v) is 10.2. The summed E-state index contributed by atoms with van der Waals surface area (Å²) in [5, 5.41) is 8.80. The largest absolute Gasteiger partial charge is 0.339 e. The van der Waals surface area contributed by atoms with Crippen LogP contribution in [-0.2, 0) is 6.42 Å². The van der Waals surface area contributed by atoms with Gasteiger partial charge in [0.25, 0.3) is 0 Å². The second-order valence-corrected chi connectivity index (χ2v) is 7.07.